The third-order valence-electron chi connectivity index (χ3n) is 16.7. The molecule has 0 aliphatic carbocycles. The number of carbonyl (C=O) groups excluding carboxylic acids is 6. The number of nitrogens with one attached hydrogen (secondary N) is 8. The SMILES string of the molecule is CC#Cc1ccc(NS(=O)(=O)C(C)C)cc1.CCOC(=O)Nc1ccc(C)cc1.CNS(=O)(=O)c1cccc(C)c1.COCCOC(=O)Nc1cccc(C)c1.Cc1ccc(N)cn1.Cc1ccc(NC(=O)C(C)C)cc1.Cc1ccc(NC(=O)CCc2ccccc2)cc1.Cc1ccc(NC(=O)Cc2ccccc2)cc1.Cc1ccc(NC(=O)OCCCl)cc1. The second kappa shape index (κ2) is 60.4. The van der Waals surface area contributed by atoms with E-state index in [1.54, 1.807) is 83.5 Å². The van der Waals surface area contributed by atoms with Crippen molar-refractivity contribution < 1.29 is 64.6 Å². The van der Waals surface area contributed by atoms with Gasteiger partial charge in [0.05, 0.1) is 47.5 Å². The van der Waals surface area contributed by atoms with Crippen molar-refractivity contribution in [3.8, 4) is 11.8 Å². The lowest BCUT2D eigenvalue weighted by Gasteiger charge is -2.10. The second-order valence-electron chi connectivity index (χ2n) is 28.5. The predicted molar refractivity (Wildman–Crippen MR) is 513 cm³/mol. The predicted octanol–water partition coefficient (Wildman–Crippen LogP) is 21.0. The topological polar surface area (TPSA) is 343 Å². The van der Waals surface area contributed by atoms with Crippen molar-refractivity contribution in [1.82, 2.24) is 9.71 Å². The van der Waals surface area contributed by atoms with E-state index in [0.717, 1.165) is 85.3 Å². The number of alkyl halides is 1. The number of halogens is 1. The van der Waals surface area contributed by atoms with Crippen molar-refractivity contribution in [3.63, 3.8) is 0 Å². The summed E-state index contributed by atoms with van der Waals surface area (Å²) in [7, 11) is -3.58. The van der Waals surface area contributed by atoms with Crippen LogP contribution in [0.4, 0.5) is 59.9 Å². The number of amides is 6. The molecule has 0 fully saturated rings. The monoisotopic (exact) mass is 1770 g/mol. The van der Waals surface area contributed by atoms with E-state index in [2.05, 4.69) is 58.2 Å². The number of nitrogens with two attached hydrogens (primary N) is 1. The van der Waals surface area contributed by atoms with E-state index in [1.165, 1.54) is 29.3 Å². The minimum Gasteiger partial charge on any atom is -0.450 e. The summed E-state index contributed by atoms with van der Waals surface area (Å²) in [5, 5.41) is 16.0. The molecule has 126 heavy (non-hydrogen) atoms. The molecule has 6 amide bonds. The molecule has 670 valence electrons. The van der Waals surface area contributed by atoms with Crippen molar-refractivity contribution in [2.45, 2.75) is 126 Å². The van der Waals surface area contributed by atoms with Crippen molar-refractivity contribution >= 4 is 113 Å². The Morgan fingerprint density at radius 3 is 1.27 bits per heavy atom. The number of hydrogen-bond acceptors (Lipinski definition) is 16. The summed E-state index contributed by atoms with van der Waals surface area (Å²) in [5.41, 5.74) is 23.4. The number of rotatable bonds is 23. The van der Waals surface area contributed by atoms with Crippen LogP contribution in [0.15, 0.2) is 278 Å². The Hall–Kier alpha value is -13.2. The molecule has 0 aliphatic heterocycles. The standard InChI is InChI=1S/C16H17NO.C15H15NO.C12H15NO2S.C11H15NO3.C11H15NO.C10H12ClNO2.C10H13NO2.C8H11NO2S.C6H8N2/c1-13-7-10-15(11-8-13)17-16(18)12-9-14-5-3-2-4-6-14;1-12-7-9-14(10-8-12)16-15(17)11-13-5-3-2-4-6-13;1-4-5-11-6-8-12(9-7-11)13-16(14,15)10(2)3;1-9-4-3-5-10(8-9)12-11(13)15-7-6-14-2;1-8(2)11(13)12-10-6-4-9(3)5-7-10;1-8-2-4-9(5-3-8)12-10(13)14-7-6-11;1-3-13-10(12)11-9-6-4-8(2)5-7-9;1-7-4-3-5-8(6-7)12(10,11)9-2;1-5-2-3-6(7)4-8-5/h2-8,10-11H,9,12H2,1H3,(H,17,18);2-10H,11H2,1H3,(H,16,17);6-10,13H,1-3H3;3-5,8H,6-7H2,1-2H3,(H,12,13);4-8H,1-3H3,(H,12,13);2-5H,6-7H2,1H3,(H,12,13);4-7H,3H2,1-2H3,(H,11,12);3-6,9H,1-2H3;2-4H,7H2,1H3. The van der Waals surface area contributed by atoms with Crippen LogP contribution in [0.2, 0.25) is 0 Å². The van der Waals surface area contributed by atoms with Gasteiger partial charge in [-0.3, -0.25) is 40.0 Å². The van der Waals surface area contributed by atoms with Crippen molar-refractivity contribution in [2.24, 2.45) is 5.92 Å². The maximum atomic E-state index is 11.8. The van der Waals surface area contributed by atoms with Crippen molar-refractivity contribution in [1.29, 1.82) is 0 Å². The van der Waals surface area contributed by atoms with E-state index in [0.29, 0.717) is 42.5 Å². The smallest absolute Gasteiger partial charge is 0.411 e. The van der Waals surface area contributed by atoms with E-state index >= 15 is 0 Å². The van der Waals surface area contributed by atoms with Crippen molar-refractivity contribution in [3.05, 3.63) is 334 Å². The number of nitrogens with zero attached hydrogens (tertiary/aromatic N) is 1. The zero-order valence-corrected chi connectivity index (χ0v) is 77.1. The van der Waals surface area contributed by atoms with Gasteiger partial charge in [-0.25, -0.2) is 35.9 Å². The highest BCUT2D eigenvalue weighted by atomic mass is 35.5. The minimum absolute atomic E-state index is 0.0139. The molecule has 10 N–H and O–H groups in total. The van der Waals surface area contributed by atoms with E-state index in [1.807, 2.05) is 294 Å². The average Bonchev–Trinajstić information content (AvgIpc) is 0.845. The van der Waals surface area contributed by atoms with Gasteiger partial charge < -0.3 is 40.6 Å². The van der Waals surface area contributed by atoms with Crippen LogP contribution in [0.1, 0.15) is 109 Å². The molecule has 0 bridgehead atoms. The minimum atomic E-state index is -3.27. The summed E-state index contributed by atoms with van der Waals surface area (Å²) in [6.45, 7) is 27.6. The molecular weight excluding hydrogens is 1650 g/mol. The first-order valence-electron chi connectivity index (χ1n) is 40.5. The van der Waals surface area contributed by atoms with Crippen LogP contribution in [-0.2, 0) is 66.2 Å². The summed E-state index contributed by atoms with van der Waals surface area (Å²) in [6.07, 6.45) is 2.00. The number of ether oxygens (including phenoxy) is 4. The molecule has 24 nitrogen and oxygen atoms in total. The van der Waals surface area contributed by atoms with Gasteiger partial charge in [-0.2, -0.15) is 0 Å². The number of aromatic nitrogens is 1. The number of methoxy groups -OCH3 is 1. The second-order valence-corrected chi connectivity index (χ2v) is 33.0. The Morgan fingerprint density at radius 2 is 0.865 bits per heavy atom. The highest BCUT2D eigenvalue weighted by Gasteiger charge is 2.16. The first-order valence-corrected chi connectivity index (χ1v) is 44.1. The molecule has 0 aliphatic rings. The Labute approximate surface area is 750 Å². The normalized spacial score (nSPS) is 10.1. The third kappa shape index (κ3) is 49.2. The van der Waals surface area contributed by atoms with Gasteiger partial charge >= 0.3 is 18.3 Å². The molecule has 0 radical (unpaired) electrons. The Balaban J connectivity index is 0.000000368. The molecule has 27 heteroatoms. The molecule has 10 aromatic carbocycles. The lowest BCUT2D eigenvalue weighted by Crippen LogP contribution is -2.22. The van der Waals surface area contributed by atoms with Crippen LogP contribution >= 0.6 is 11.6 Å². The van der Waals surface area contributed by atoms with Gasteiger partial charge in [0.25, 0.3) is 0 Å². The Bertz CT molecular complexity index is 5300. The number of aryl methyl sites for hydroxylation is 9. The van der Waals surface area contributed by atoms with Crippen LogP contribution in [-0.4, -0.2) is 110 Å². The number of anilines is 8. The molecule has 0 saturated carbocycles. The summed E-state index contributed by atoms with van der Waals surface area (Å²) >= 11 is 5.36. The molecule has 0 unspecified atom stereocenters. The zero-order valence-electron chi connectivity index (χ0n) is 74.7. The van der Waals surface area contributed by atoms with Crippen molar-refractivity contribution in [2.75, 3.05) is 88.8 Å². The van der Waals surface area contributed by atoms with E-state index in [4.69, 9.17) is 36.3 Å². The molecular formula is C99H121ClN10O14S2. The molecule has 0 saturated heterocycles. The summed E-state index contributed by atoms with van der Waals surface area (Å²) in [6, 6.07) is 83.2. The van der Waals surface area contributed by atoms with Gasteiger partial charge in [0.15, 0.2) is 0 Å². The number of pyridine rings is 1. The lowest BCUT2D eigenvalue weighted by atomic mass is 10.1. The fraction of sp³-hybridized carbons (Fsp3) is 0.263. The third-order valence-corrected chi connectivity index (χ3v) is 20.0. The highest BCUT2D eigenvalue weighted by molar-refractivity contribution is 7.93. The highest BCUT2D eigenvalue weighted by Crippen LogP contribution is 2.18. The number of nitrogen functional groups attached to an aromatic ring is 1. The van der Waals surface area contributed by atoms with Crippen LogP contribution in [0, 0.1) is 73.1 Å². The summed E-state index contributed by atoms with van der Waals surface area (Å²) in [4.78, 5) is 72.3. The maximum Gasteiger partial charge on any atom is 0.411 e. The maximum absolute atomic E-state index is 11.8. The first-order chi connectivity index (χ1) is 60.0. The first kappa shape index (κ1) is 107. The summed E-state index contributed by atoms with van der Waals surface area (Å²) < 4.78 is 69.5. The number of sulfonamides is 2. The van der Waals surface area contributed by atoms with Gasteiger partial charge in [0.2, 0.25) is 37.8 Å². The van der Waals surface area contributed by atoms with Crippen LogP contribution in [0.25, 0.3) is 0 Å². The van der Waals surface area contributed by atoms with Gasteiger partial charge in [0, 0.05) is 70.5 Å². The zero-order chi connectivity index (χ0) is 93.2. The van der Waals surface area contributed by atoms with Crippen LogP contribution in [0.5, 0.6) is 0 Å². The van der Waals surface area contributed by atoms with Crippen LogP contribution in [0.3, 0.4) is 0 Å². The summed E-state index contributed by atoms with van der Waals surface area (Å²) in [5.74, 6) is 6.14. The van der Waals surface area contributed by atoms with E-state index in [-0.39, 0.29) is 36.9 Å². The Kier molecular flexibility index (Phi) is 51.3. The Morgan fingerprint density at radius 1 is 0.444 bits per heavy atom. The molecule has 11 rings (SSSR count). The van der Waals surface area contributed by atoms with Gasteiger partial charge in [0.1, 0.15) is 13.2 Å². The number of hydrogen-bond donors (Lipinski definition) is 9. The fourth-order valence-corrected chi connectivity index (χ4v) is 11.3. The van der Waals surface area contributed by atoms with E-state index < -0.39 is 43.6 Å². The lowest BCUT2D eigenvalue weighted by molar-refractivity contribution is -0.119. The van der Waals surface area contributed by atoms with E-state index in [9.17, 15) is 45.6 Å². The number of carbonyl (C=O) groups is 6. The molecule has 11 aromatic rings. The largest absolute Gasteiger partial charge is 0.450 e. The average molecular weight is 1770 g/mol. The van der Waals surface area contributed by atoms with Gasteiger partial charge in [-0.1, -0.05) is 193 Å². The van der Waals surface area contributed by atoms with Gasteiger partial charge in [-0.15, -0.1) is 17.5 Å². The fourth-order valence-electron chi connectivity index (χ4n) is 9.68. The van der Waals surface area contributed by atoms with Gasteiger partial charge in [-0.05, 0) is 240 Å². The molecule has 1 heterocycles. The number of benzene rings is 10. The van der Waals surface area contributed by atoms with Crippen LogP contribution < -0.4 is 47.1 Å². The molecule has 0 spiro atoms. The molecule has 1 aromatic heterocycles. The molecule has 0 atom stereocenters. The quantitative estimate of drug-likeness (QED) is 0.0124.